The van der Waals surface area contributed by atoms with Gasteiger partial charge in [-0.2, -0.15) is 0 Å². The number of halogens is 1. The summed E-state index contributed by atoms with van der Waals surface area (Å²) < 4.78 is 0. The summed E-state index contributed by atoms with van der Waals surface area (Å²) in [4.78, 5) is 3.97. The molecule has 0 radical (unpaired) electrons. The molecule has 0 bridgehead atoms. The van der Waals surface area contributed by atoms with Gasteiger partial charge in [-0.3, -0.25) is 4.99 Å². The zero-order valence-corrected chi connectivity index (χ0v) is 5.61. The minimum Gasteiger partial charge on any atom is -0.386 e. The van der Waals surface area contributed by atoms with Crippen molar-refractivity contribution in [2.45, 2.75) is 0 Å². The summed E-state index contributed by atoms with van der Waals surface area (Å²) >= 11 is 0. The maximum absolute atomic E-state index is 3.97. The molecule has 48 valence electrons. The number of rotatable bonds is 0. The molecule has 3 heteroatoms. The second-order valence-electron chi connectivity index (χ2n) is 1.91. The van der Waals surface area contributed by atoms with Crippen molar-refractivity contribution >= 4 is 18.6 Å². The van der Waals surface area contributed by atoms with E-state index in [1.165, 1.54) is 11.1 Å². The topological polar surface area (TPSA) is 24.4 Å². The first-order valence-electron chi connectivity index (χ1n) is 2.63. The van der Waals surface area contributed by atoms with Crippen LogP contribution in [0.4, 0.5) is 0 Å². The average molecular weight is 143 g/mol. The Hall–Kier alpha value is -0.760. The van der Waals surface area contributed by atoms with E-state index in [0.29, 0.717) is 0 Å². The largest absolute Gasteiger partial charge is 0.386 e. The van der Waals surface area contributed by atoms with Gasteiger partial charge in [0.2, 0.25) is 0 Å². The third kappa shape index (κ3) is 0.856. The summed E-state index contributed by atoms with van der Waals surface area (Å²) in [5.41, 5.74) is 2.55. The van der Waals surface area contributed by atoms with E-state index in [2.05, 4.69) is 10.3 Å². The summed E-state index contributed by atoms with van der Waals surface area (Å²) in [6, 6.07) is 0. The number of aliphatic imine (C=N–C) groups is 1. The first kappa shape index (κ1) is 6.36. The van der Waals surface area contributed by atoms with Crippen molar-refractivity contribution in [1.29, 1.82) is 0 Å². The molecule has 0 amide bonds. The van der Waals surface area contributed by atoms with Crippen LogP contribution in [0.15, 0.2) is 28.5 Å². The predicted molar refractivity (Wildman–Crippen MR) is 39.9 cm³/mol. The number of fused-ring (bicyclic) bond motifs is 1. The van der Waals surface area contributed by atoms with Gasteiger partial charge in [-0.25, -0.2) is 0 Å². The molecule has 2 aliphatic rings. The molecular weight excluding hydrogens is 136 g/mol. The molecular formula is C6H7ClN2. The van der Waals surface area contributed by atoms with Crippen molar-refractivity contribution in [3.8, 4) is 0 Å². The van der Waals surface area contributed by atoms with Gasteiger partial charge in [0.25, 0.3) is 0 Å². The third-order valence-electron chi connectivity index (χ3n) is 1.36. The second kappa shape index (κ2) is 2.23. The first-order chi connectivity index (χ1) is 3.97. The van der Waals surface area contributed by atoms with Crippen LogP contribution in [0.3, 0.4) is 0 Å². The van der Waals surface area contributed by atoms with Gasteiger partial charge in [0, 0.05) is 30.7 Å². The highest BCUT2D eigenvalue weighted by Gasteiger charge is 2.10. The molecule has 0 saturated heterocycles. The highest BCUT2D eigenvalue weighted by molar-refractivity contribution is 5.89. The summed E-state index contributed by atoms with van der Waals surface area (Å²) in [5, 5.41) is 3.10. The maximum Gasteiger partial charge on any atom is 0.0417 e. The molecule has 2 aliphatic heterocycles. The molecule has 2 heterocycles. The van der Waals surface area contributed by atoms with Gasteiger partial charge in [0.15, 0.2) is 0 Å². The molecule has 0 aliphatic carbocycles. The van der Waals surface area contributed by atoms with Crippen LogP contribution in [0.1, 0.15) is 0 Å². The van der Waals surface area contributed by atoms with Gasteiger partial charge < -0.3 is 5.32 Å². The Kier molecular flexibility index (Phi) is 1.58. The van der Waals surface area contributed by atoms with E-state index in [0.717, 1.165) is 6.54 Å². The SMILES string of the molecule is C1=NC=C2CNC=C12.Cl. The molecule has 1 N–H and O–H groups in total. The van der Waals surface area contributed by atoms with Crippen LogP contribution in [0.2, 0.25) is 0 Å². The van der Waals surface area contributed by atoms with Crippen LogP contribution in [0, 0.1) is 0 Å². The predicted octanol–water partition coefficient (Wildman–Crippen LogP) is 0.864. The Balaban J connectivity index is 0.000000405. The lowest BCUT2D eigenvalue weighted by Crippen LogP contribution is -1.99. The van der Waals surface area contributed by atoms with E-state index in [1.807, 2.05) is 18.6 Å². The Morgan fingerprint density at radius 3 is 3.22 bits per heavy atom. The van der Waals surface area contributed by atoms with E-state index >= 15 is 0 Å². The quantitative estimate of drug-likeness (QED) is 0.533. The molecule has 0 aromatic heterocycles. The minimum atomic E-state index is 0. The number of hydrogen-bond donors (Lipinski definition) is 1. The van der Waals surface area contributed by atoms with Crippen LogP contribution < -0.4 is 5.32 Å². The lowest BCUT2D eigenvalue weighted by atomic mass is 10.2. The summed E-state index contributed by atoms with van der Waals surface area (Å²) in [6.45, 7) is 0.954. The highest BCUT2D eigenvalue weighted by Crippen LogP contribution is 2.15. The van der Waals surface area contributed by atoms with Crippen molar-refractivity contribution in [2.75, 3.05) is 6.54 Å². The lowest BCUT2D eigenvalue weighted by molar-refractivity contribution is 1.00. The molecule has 0 aromatic rings. The molecule has 0 aromatic carbocycles. The summed E-state index contributed by atoms with van der Waals surface area (Å²) in [7, 11) is 0. The van der Waals surface area contributed by atoms with Crippen LogP contribution in [-0.2, 0) is 0 Å². The molecule has 9 heavy (non-hydrogen) atoms. The number of hydrogen-bond acceptors (Lipinski definition) is 2. The van der Waals surface area contributed by atoms with Crippen LogP contribution in [0.25, 0.3) is 0 Å². The fourth-order valence-electron chi connectivity index (χ4n) is 0.914. The normalized spacial score (nSPS) is 19.6. The van der Waals surface area contributed by atoms with Crippen molar-refractivity contribution in [3.05, 3.63) is 23.5 Å². The van der Waals surface area contributed by atoms with Crippen molar-refractivity contribution in [1.82, 2.24) is 5.32 Å². The van der Waals surface area contributed by atoms with Gasteiger partial charge in [0.1, 0.15) is 0 Å². The van der Waals surface area contributed by atoms with E-state index in [-0.39, 0.29) is 12.4 Å². The van der Waals surface area contributed by atoms with Crippen molar-refractivity contribution < 1.29 is 0 Å². The lowest BCUT2D eigenvalue weighted by Gasteiger charge is -1.85. The van der Waals surface area contributed by atoms with Crippen molar-refractivity contribution in [2.24, 2.45) is 4.99 Å². The maximum atomic E-state index is 3.97. The molecule has 0 saturated carbocycles. The van der Waals surface area contributed by atoms with Gasteiger partial charge in [0.05, 0.1) is 0 Å². The van der Waals surface area contributed by atoms with Gasteiger partial charge in [-0.05, 0) is 5.57 Å². The van der Waals surface area contributed by atoms with Gasteiger partial charge in [-0.1, -0.05) is 0 Å². The van der Waals surface area contributed by atoms with Crippen LogP contribution in [0.5, 0.6) is 0 Å². The Morgan fingerprint density at radius 1 is 1.56 bits per heavy atom. The second-order valence-corrected chi connectivity index (χ2v) is 1.91. The van der Waals surface area contributed by atoms with Crippen LogP contribution in [-0.4, -0.2) is 12.8 Å². The zero-order chi connectivity index (χ0) is 5.40. The molecule has 0 spiro atoms. The first-order valence-corrected chi connectivity index (χ1v) is 2.63. The minimum absolute atomic E-state index is 0. The van der Waals surface area contributed by atoms with Gasteiger partial charge in [-0.15, -0.1) is 12.4 Å². The van der Waals surface area contributed by atoms with E-state index in [9.17, 15) is 0 Å². The fraction of sp³-hybridized carbons (Fsp3) is 0.167. The number of nitrogens with one attached hydrogen (secondary N) is 1. The standard InChI is InChI=1S/C6H6N2.ClH/c1-5-2-8-4-6(5)3-7-1;/h1-3,8H,4H2;1H. The molecule has 0 atom stereocenters. The fourth-order valence-corrected chi connectivity index (χ4v) is 0.914. The molecule has 0 unspecified atom stereocenters. The van der Waals surface area contributed by atoms with Crippen LogP contribution >= 0.6 is 12.4 Å². The van der Waals surface area contributed by atoms with E-state index in [1.54, 1.807) is 0 Å². The summed E-state index contributed by atoms with van der Waals surface area (Å²) in [6.07, 6.45) is 5.75. The molecule has 0 fully saturated rings. The third-order valence-corrected chi connectivity index (χ3v) is 1.36. The molecule has 2 rings (SSSR count). The highest BCUT2D eigenvalue weighted by atomic mass is 35.5. The van der Waals surface area contributed by atoms with E-state index in [4.69, 9.17) is 0 Å². The zero-order valence-electron chi connectivity index (χ0n) is 4.79. The van der Waals surface area contributed by atoms with Crippen molar-refractivity contribution in [3.63, 3.8) is 0 Å². The summed E-state index contributed by atoms with van der Waals surface area (Å²) in [5.74, 6) is 0. The van der Waals surface area contributed by atoms with E-state index < -0.39 is 0 Å². The Bertz CT molecular complexity index is 203. The Morgan fingerprint density at radius 2 is 2.44 bits per heavy atom. The average Bonchev–Trinajstić information content (AvgIpc) is 2.15. The smallest absolute Gasteiger partial charge is 0.0417 e. The molecule has 2 nitrogen and oxygen atoms in total. The Labute approximate surface area is 59.8 Å². The number of nitrogens with zero attached hydrogens (tertiary/aromatic N) is 1. The monoisotopic (exact) mass is 142 g/mol. The van der Waals surface area contributed by atoms with Gasteiger partial charge >= 0.3 is 0 Å².